The van der Waals surface area contributed by atoms with E-state index in [-0.39, 0.29) is 35.3 Å². The van der Waals surface area contributed by atoms with E-state index in [1.165, 1.54) is 24.5 Å². The summed E-state index contributed by atoms with van der Waals surface area (Å²) >= 11 is 0. The minimum atomic E-state index is -4.60. The molecule has 7 nitrogen and oxygen atoms in total. The molecule has 4 atom stereocenters. The van der Waals surface area contributed by atoms with Crippen LogP contribution in [0.2, 0.25) is 0 Å². The molecule has 2 bridgehead atoms. The number of fused-ring (bicyclic) bond motifs is 2. The van der Waals surface area contributed by atoms with Gasteiger partial charge in [-0.3, -0.25) is 0 Å². The van der Waals surface area contributed by atoms with Gasteiger partial charge in [-0.05, 0) is 50.3 Å². The van der Waals surface area contributed by atoms with Crippen LogP contribution in [0.15, 0.2) is 30.6 Å². The van der Waals surface area contributed by atoms with Crippen LogP contribution in [0.5, 0.6) is 0 Å². The van der Waals surface area contributed by atoms with Gasteiger partial charge in [0.1, 0.15) is 0 Å². The molecule has 1 aromatic carbocycles. The molecule has 2 aromatic rings. The highest BCUT2D eigenvalue weighted by Gasteiger charge is 2.61. The Morgan fingerprint density at radius 1 is 1.32 bits per heavy atom. The molecule has 0 radical (unpaired) electrons. The number of nitrogens with one attached hydrogen (secondary N) is 1. The summed E-state index contributed by atoms with van der Waals surface area (Å²) in [6.07, 6.45) is 0.390. The zero-order valence-corrected chi connectivity index (χ0v) is 17.5. The number of piperidine rings is 1. The van der Waals surface area contributed by atoms with E-state index in [4.69, 9.17) is 4.74 Å². The smallest absolute Gasteiger partial charge is 0.379 e. The number of anilines is 1. The first kappa shape index (κ1) is 21.5. The summed E-state index contributed by atoms with van der Waals surface area (Å²) in [7, 11) is 1.62. The molecule has 0 unspecified atom stereocenters. The highest BCUT2D eigenvalue weighted by Crippen LogP contribution is 2.52. The maximum atomic E-state index is 13.5. The highest BCUT2D eigenvalue weighted by molar-refractivity contribution is 5.92. The number of rotatable bonds is 4. The Hall–Kier alpha value is -2.75. The lowest BCUT2D eigenvalue weighted by Gasteiger charge is -2.65. The number of hydrogen-bond acceptors (Lipinski definition) is 5. The van der Waals surface area contributed by atoms with Gasteiger partial charge in [0.25, 0.3) is 0 Å². The second-order valence-corrected chi connectivity index (χ2v) is 8.41. The van der Waals surface area contributed by atoms with Crippen LogP contribution in [-0.2, 0) is 10.9 Å². The third-order valence-electron chi connectivity index (χ3n) is 6.44. The van der Waals surface area contributed by atoms with Crippen LogP contribution < -0.4 is 5.32 Å². The number of nitrogens with zero attached hydrogens (tertiary/aromatic N) is 4. The van der Waals surface area contributed by atoms with Crippen LogP contribution in [0.3, 0.4) is 0 Å². The van der Waals surface area contributed by atoms with Crippen LogP contribution in [0.4, 0.5) is 23.7 Å². The van der Waals surface area contributed by atoms with Gasteiger partial charge in [-0.25, -0.2) is 9.78 Å². The average molecular weight is 435 g/mol. The molecular formula is C21H24F3N5O2. The number of carbonyl (C=O) groups excluding carboxylic acids is 1. The maximum Gasteiger partial charge on any atom is 0.417 e. The van der Waals surface area contributed by atoms with Gasteiger partial charge in [-0.1, -0.05) is 6.92 Å². The van der Waals surface area contributed by atoms with E-state index in [9.17, 15) is 18.0 Å². The number of halogens is 3. The Morgan fingerprint density at radius 3 is 2.74 bits per heavy atom. The van der Waals surface area contributed by atoms with Gasteiger partial charge in [0.2, 0.25) is 0 Å². The first-order valence-electron chi connectivity index (χ1n) is 10.1. The molecule has 1 aliphatic heterocycles. The van der Waals surface area contributed by atoms with Gasteiger partial charge in [0.15, 0.2) is 5.82 Å². The third kappa shape index (κ3) is 3.73. The number of benzene rings is 1. The molecule has 4 rings (SSSR count). The van der Waals surface area contributed by atoms with Gasteiger partial charge in [0.05, 0.1) is 23.4 Å². The number of methoxy groups -OCH3 is 1. The summed E-state index contributed by atoms with van der Waals surface area (Å²) in [4.78, 5) is 18.9. The molecule has 10 heteroatoms. The number of aromatic nitrogens is 3. The Morgan fingerprint density at radius 2 is 2.10 bits per heavy atom. The van der Waals surface area contributed by atoms with Crippen molar-refractivity contribution >= 4 is 11.7 Å². The fourth-order valence-electron chi connectivity index (χ4n) is 5.09. The fraction of sp³-hybridized carbons (Fsp3) is 0.524. The molecule has 2 heterocycles. The summed E-state index contributed by atoms with van der Waals surface area (Å²) in [5.41, 5.74) is -1.30. The molecule has 1 saturated heterocycles. The van der Waals surface area contributed by atoms with E-state index in [1.54, 1.807) is 12.0 Å². The van der Waals surface area contributed by atoms with E-state index in [1.807, 2.05) is 6.92 Å². The molecule has 1 aliphatic carbocycles. The van der Waals surface area contributed by atoms with Crippen LogP contribution in [0.1, 0.15) is 38.7 Å². The maximum absolute atomic E-state index is 13.5. The van der Waals surface area contributed by atoms with Crippen LogP contribution in [0, 0.1) is 5.92 Å². The number of ether oxygens (including phenoxy) is 1. The monoisotopic (exact) mass is 435 g/mol. The molecule has 2 aliphatic rings. The number of amides is 2. The number of likely N-dealkylation sites (tertiary alicyclic amines) is 1. The average Bonchev–Trinajstić information content (AvgIpc) is 2.72. The van der Waals surface area contributed by atoms with Crippen molar-refractivity contribution in [2.75, 3.05) is 12.4 Å². The largest absolute Gasteiger partial charge is 0.417 e. The van der Waals surface area contributed by atoms with Crippen molar-refractivity contribution in [3.05, 3.63) is 36.2 Å². The normalized spacial score (nSPS) is 26.2. The van der Waals surface area contributed by atoms with Crippen molar-refractivity contribution in [3.63, 3.8) is 0 Å². The predicted octanol–water partition coefficient (Wildman–Crippen LogP) is 4.37. The Labute approximate surface area is 178 Å². The van der Waals surface area contributed by atoms with E-state index in [2.05, 4.69) is 27.4 Å². The van der Waals surface area contributed by atoms with Gasteiger partial charge < -0.3 is 15.0 Å². The Bertz CT molecular complexity index is 971. The molecule has 2 fully saturated rings. The second-order valence-electron chi connectivity index (χ2n) is 8.41. The first-order valence-corrected chi connectivity index (χ1v) is 10.1. The summed E-state index contributed by atoms with van der Waals surface area (Å²) in [5, 5.41) is 10.1. The molecular weight excluding hydrogens is 411 g/mol. The standard InChI is InChI=1S/C21H24F3N5O2/c1-12-8-15-11-20(10-12,13(2)31-3)29(15)19(30)27-14-4-5-17(21(22,23)24)16(9-14)18-25-6-7-26-28-18/h4-7,9,12-13,15H,8,10-11H2,1-3H3,(H,27,30)/t12-,13-,15-,20+/m1/s1. The highest BCUT2D eigenvalue weighted by atomic mass is 19.4. The van der Waals surface area contributed by atoms with E-state index < -0.39 is 17.3 Å². The lowest BCUT2D eigenvalue weighted by molar-refractivity contribution is -0.155. The van der Waals surface area contributed by atoms with Gasteiger partial charge in [0, 0.05) is 30.6 Å². The van der Waals surface area contributed by atoms with Crippen LogP contribution in [0.25, 0.3) is 11.4 Å². The Balaban J connectivity index is 1.63. The summed E-state index contributed by atoms with van der Waals surface area (Å²) in [6.45, 7) is 4.11. The lowest BCUT2D eigenvalue weighted by Crippen LogP contribution is -2.76. The minimum absolute atomic E-state index is 0.0944. The van der Waals surface area contributed by atoms with Crippen molar-refractivity contribution in [1.82, 2.24) is 20.1 Å². The van der Waals surface area contributed by atoms with Crippen molar-refractivity contribution in [1.29, 1.82) is 0 Å². The van der Waals surface area contributed by atoms with Gasteiger partial charge in [-0.15, -0.1) is 5.10 Å². The predicted molar refractivity (Wildman–Crippen MR) is 107 cm³/mol. The van der Waals surface area contributed by atoms with Gasteiger partial charge in [-0.2, -0.15) is 18.3 Å². The SMILES string of the molecule is CO[C@H](C)[C@]12C[C@H](C)C[C@H](C1)N2C(=O)Nc1ccc(C(F)(F)F)c(-c2nccnn2)c1. The molecule has 31 heavy (non-hydrogen) atoms. The molecule has 1 saturated carbocycles. The summed E-state index contributed by atoms with van der Waals surface area (Å²) in [5.74, 6) is 0.311. The van der Waals surface area contributed by atoms with Gasteiger partial charge >= 0.3 is 12.2 Å². The van der Waals surface area contributed by atoms with E-state index >= 15 is 0 Å². The van der Waals surface area contributed by atoms with E-state index in [0.717, 1.165) is 25.3 Å². The first-order chi connectivity index (χ1) is 14.7. The van der Waals surface area contributed by atoms with Crippen molar-refractivity contribution < 1.29 is 22.7 Å². The Kier molecular flexibility index (Phi) is 5.36. The lowest BCUT2D eigenvalue weighted by atomic mass is 9.62. The molecule has 2 amide bonds. The summed E-state index contributed by atoms with van der Waals surface area (Å²) in [6, 6.07) is 3.16. The number of carbonyl (C=O) groups is 1. The van der Waals surface area contributed by atoms with E-state index in [0.29, 0.717) is 5.92 Å². The minimum Gasteiger partial charge on any atom is -0.379 e. The number of alkyl halides is 3. The van der Waals surface area contributed by atoms with Crippen molar-refractivity contribution in [2.45, 2.75) is 57.0 Å². The third-order valence-corrected chi connectivity index (χ3v) is 6.44. The van der Waals surface area contributed by atoms with Crippen LogP contribution >= 0.6 is 0 Å². The fourth-order valence-corrected chi connectivity index (χ4v) is 5.09. The zero-order valence-electron chi connectivity index (χ0n) is 17.5. The van der Waals surface area contributed by atoms with Crippen molar-refractivity contribution in [3.8, 4) is 11.4 Å². The molecule has 1 aromatic heterocycles. The molecule has 1 N–H and O–H groups in total. The molecule has 0 spiro atoms. The summed E-state index contributed by atoms with van der Waals surface area (Å²) < 4.78 is 46.1. The zero-order chi connectivity index (χ0) is 22.4. The quantitative estimate of drug-likeness (QED) is 0.772. The van der Waals surface area contributed by atoms with Crippen LogP contribution in [-0.4, -0.2) is 50.9 Å². The topological polar surface area (TPSA) is 80.2 Å². The molecule has 166 valence electrons. The number of hydrogen-bond donors (Lipinski definition) is 1. The van der Waals surface area contributed by atoms with Crippen molar-refractivity contribution in [2.24, 2.45) is 5.92 Å². The second kappa shape index (κ2) is 7.74. The number of urea groups is 1.